The fraction of sp³-hybridized carbons (Fsp3) is 0.0769. The van der Waals surface area contributed by atoms with Crippen LogP contribution >= 0.6 is 0 Å². The van der Waals surface area contributed by atoms with Gasteiger partial charge in [0.1, 0.15) is 11.3 Å². The molecule has 1 amide bonds. The van der Waals surface area contributed by atoms with Gasteiger partial charge in [0.15, 0.2) is 0 Å². The van der Waals surface area contributed by atoms with E-state index in [0.29, 0.717) is 5.69 Å². The Hall–Kier alpha value is -2.36. The molecule has 3 aromatic rings. The maximum absolute atomic E-state index is 11.5. The topological polar surface area (TPSA) is 46.4 Å². The van der Waals surface area contributed by atoms with E-state index in [1.54, 1.807) is 13.2 Å². The second-order valence-electron chi connectivity index (χ2n) is 3.84. The fourth-order valence-electron chi connectivity index (χ4n) is 1.95. The zero-order chi connectivity index (χ0) is 11.8. The predicted molar refractivity (Wildman–Crippen MR) is 66.1 cm³/mol. The Morgan fingerprint density at radius 1 is 1.29 bits per heavy atom. The third kappa shape index (κ3) is 1.45. The number of rotatable bonds is 1. The van der Waals surface area contributed by atoms with E-state index in [2.05, 4.69) is 10.3 Å². The lowest BCUT2D eigenvalue weighted by atomic mass is 10.2. The van der Waals surface area contributed by atoms with E-state index in [-0.39, 0.29) is 5.91 Å². The second kappa shape index (κ2) is 3.59. The minimum atomic E-state index is -0.169. The average molecular weight is 225 g/mol. The predicted octanol–water partition coefficient (Wildman–Crippen LogP) is 1.85. The van der Waals surface area contributed by atoms with Crippen LogP contribution in [0, 0.1) is 0 Å². The van der Waals surface area contributed by atoms with Crippen molar-refractivity contribution in [1.82, 2.24) is 14.7 Å². The molecule has 0 fully saturated rings. The van der Waals surface area contributed by atoms with Crippen LogP contribution in [0.1, 0.15) is 10.5 Å². The Kier molecular flexibility index (Phi) is 2.08. The number of nitrogens with one attached hydrogen (secondary N) is 1. The first-order valence-corrected chi connectivity index (χ1v) is 5.38. The quantitative estimate of drug-likeness (QED) is 0.687. The number of benzene rings is 1. The lowest BCUT2D eigenvalue weighted by Gasteiger charge is -1.98. The van der Waals surface area contributed by atoms with Crippen molar-refractivity contribution < 1.29 is 4.79 Å². The average Bonchev–Trinajstić information content (AvgIpc) is 2.82. The number of hydrogen-bond donors (Lipinski definition) is 1. The molecule has 4 nitrogen and oxygen atoms in total. The number of carbonyl (C=O) groups excluding carboxylic acids is 1. The normalized spacial score (nSPS) is 10.9. The summed E-state index contributed by atoms with van der Waals surface area (Å²) in [5.74, 6) is -0.169. The molecule has 2 aromatic heterocycles. The Bertz CT molecular complexity index is 715. The van der Waals surface area contributed by atoms with Crippen molar-refractivity contribution in [2.75, 3.05) is 7.05 Å². The molecule has 0 aliphatic rings. The van der Waals surface area contributed by atoms with Gasteiger partial charge in [0.2, 0.25) is 0 Å². The van der Waals surface area contributed by atoms with Gasteiger partial charge in [-0.3, -0.25) is 4.79 Å². The van der Waals surface area contributed by atoms with E-state index < -0.39 is 0 Å². The number of hydrogen-bond acceptors (Lipinski definition) is 2. The number of fused-ring (bicyclic) bond motifs is 3. The Morgan fingerprint density at radius 3 is 2.94 bits per heavy atom. The van der Waals surface area contributed by atoms with Crippen LogP contribution in [0.5, 0.6) is 0 Å². The highest BCUT2D eigenvalue weighted by Crippen LogP contribution is 2.19. The first kappa shape index (κ1) is 9.84. The molecular weight excluding hydrogens is 214 g/mol. The van der Waals surface area contributed by atoms with Gasteiger partial charge in [-0.25, -0.2) is 4.98 Å². The van der Waals surface area contributed by atoms with Crippen molar-refractivity contribution >= 4 is 22.3 Å². The lowest BCUT2D eigenvalue weighted by Crippen LogP contribution is -2.17. The molecule has 0 saturated heterocycles. The number of aromatic nitrogens is 2. The van der Waals surface area contributed by atoms with Gasteiger partial charge in [-0.2, -0.15) is 0 Å². The van der Waals surface area contributed by atoms with Crippen LogP contribution in [0.15, 0.2) is 42.7 Å². The highest BCUT2D eigenvalue weighted by molar-refractivity contribution is 5.97. The zero-order valence-electron chi connectivity index (χ0n) is 9.34. The number of nitrogens with zero attached hydrogens (tertiary/aromatic N) is 2. The summed E-state index contributed by atoms with van der Waals surface area (Å²) in [5.41, 5.74) is 1.24. The van der Waals surface area contributed by atoms with Gasteiger partial charge < -0.3 is 9.72 Å². The Morgan fingerprint density at radius 2 is 2.12 bits per heavy atom. The fourth-order valence-corrected chi connectivity index (χ4v) is 1.95. The van der Waals surface area contributed by atoms with Crippen molar-refractivity contribution in [2.24, 2.45) is 0 Å². The van der Waals surface area contributed by atoms with Gasteiger partial charge in [0.05, 0.1) is 0 Å². The summed E-state index contributed by atoms with van der Waals surface area (Å²) in [5, 5.41) is 4.74. The number of carbonyl (C=O) groups is 1. The van der Waals surface area contributed by atoms with E-state index in [1.165, 1.54) is 0 Å². The first-order chi connectivity index (χ1) is 8.29. The second-order valence-corrected chi connectivity index (χ2v) is 3.84. The summed E-state index contributed by atoms with van der Waals surface area (Å²) in [6.07, 6.45) is 3.65. The van der Waals surface area contributed by atoms with E-state index in [1.807, 2.05) is 40.9 Å². The van der Waals surface area contributed by atoms with Gasteiger partial charge in [-0.1, -0.05) is 24.3 Å². The monoisotopic (exact) mass is 225 g/mol. The SMILES string of the molecule is CNC(=O)c1cn2ccc3ccccc3c2n1. The molecule has 2 heterocycles. The smallest absolute Gasteiger partial charge is 0.271 e. The number of pyridine rings is 1. The van der Waals surface area contributed by atoms with Crippen LogP contribution < -0.4 is 5.32 Å². The van der Waals surface area contributed by atoms with Gasteiger partial charge in [0.25, 0.3) is 5.91 Å². The molecule has 4 heteroatoms. The summed E-state index contributed by atoms with van der Waals surface area (Å²) in [7, 11) is 1.60. The number of imidazole rings is 1. The van der Waals surface area contributed by atoms with Crippen molar-refractivity contribution in [3.8, 4) is 0 Å². The maximum atomic E-state index is 11.5. The van der Waals surface area contributed by atoms with Gasteiger partial charge in [0, 0.05) is 24.8 Å². The standard InChI is InChI=1S/C13H11N3O/c1-14-13(17)11-8-16-7-6-9-4-2-3-5-10(9)12(16)15-11/h2-8H,1H3,(H,14,17). The highest BCUT2D eigenvalue weighted by atomic mass is 16.1. The highest BCUT2D eigenvalue weighted by Gasteiger charge is 2.10. The molecule has 1 aromatic carbocycles. The minimum absolute atomic E-state index is 0.169. The van der Waals surface area contributed by atoms with Crippen LogP contribution in [0.4, 0.5) is 0 Å². The maximum Gasteiger partial charge on any atom is 0.271 e. The van der Waals surface area contributed by atoms with E-state index >= 15 is 0 Å². The Labute approximate surface area is 97.9 Å². The van der Waals surface area contributed by atoms with E-state index in [0.717, 1.165) is 16.4 Å². The molecule has 0 saturated carbocycles. The Balaban J connectivity index is 2.35. The molecule has 0 atom stereocenters. The summed E-state index contributed by atoms with van der Waals surface area (Å²) < 4.78 is 1.87. The summed E-state index contributed by atoms with van der Waals surface area (Å²) in [6.45, 7) is 0. The molecule has 84 valence electrons. The van der Waals surface area contributed by atoms with Crippen molar-refractivity contribution in [1.29, 1.82) is 0 Å². The number of amides is 1. The molecule has 17 heavy (non-hydrogen) atoms. The van der Waals surface area contributed by atoms with Crippen LogP contribution in [0.25, 0.3) is 16.4 Å². The molecular formula is C13H11N3O. The van der Waals surface area contributed by atoms with Crippen molar-refractivity contribution in [2.45, 2.75) is 0 Å². The zero-order valence-corrected chi connectivity index (χ0v) is 9.34. The summed E-state index contributed by atoms with van der Waals surface area (Å²) >= 11 is 0. The molecule has 1 N–H and O–H groups in total. The molecule has 0 bridgehead atoms. The van der Waals surface area contributed by atoms with E-state index in [4.69, 9.17) is 0 Å². The van der Waals surface area contributed by atoms with Crippen LogP contribution in [0.2, 0.25) is 0 Å². The molecule has 0 aliphatic carbocycles. The summed E-state index contributed by atoms with van der Waals surface area (Å²) in [4.78, 5) is 15.9. The van der Waals surface area contributed by atoms with Crippen LogP contribution in [-0.2, 0) is 0 Å². The minimum Gasteiger partial charge on any atom is -0.354 e. The largest absolute Gasteiger partial charge is 0.354 e. The van der Waals surface area contributed by atoms with Gasteiger partial charge in [-0.05, 0) is 11.5 Å². The van der Waals surface area contributed by atoms with Crippen molar-refractivity contribution in [3.05, 3.63) is 48.4 Å². The van der Waals surface area contributed by atoms with E-state index in [9.17, 15) is 4.79 Å². The molecule has 0 unspecified atom stereocenters. The third-order valence-electron chi connectivity index (χ3n) is 2.81. The van der Waals surface area contributed by atoms with Crippen LogP contribution in [-0.4, -0.2) is 22.3 Å². The third-order valence-corrected chi connectivity index (χ3v) is 2.81. The molecule has 3 rings (SSSR count). The van der Waals surface area contributed by atoms with Gasteiger partial charge >= 0.3 is 0 Å². The molecule has 0 radical (unpaired) electrons. The summed E-state index contributed by atoms with van der Waals surface area (Å²) in [6, 6.07) is 10.0. The van der Waals surface area contributed by atoms with Crippen molar-refractivity contribution in [3.63, 3.8) is 0 Å². The first-order valence-electron chi connectivity index (χ1n) is 5.38. The van der Waals surface area contributed by atoms with Crippen LogP contribution in [0.3, 0.4) is 0 Å². The molecule has 0 spiro atoms. The molecule has 0 aliphatic heterocycles. The van der Waals surface area contributed by atoms with Gasteiger partial charge in [-0.15, -0.1) is 0 Å². The lowest BCUT2D eigenvalue weighted by molar-refractivity contribution is 0.0959.